The Labute approximate surface area is 119 Å². The van der Waals surface area contributed by atoms with Crippen molar-refractivity contribution < 1.29 is 14.7 Å². The average molecular weight is 291 g/mol. The smallest absolute Gasteiger partial charge is 0.355 e. The Bertz CT molecular complexity index is 612. The fraction of sp³-hybridized carbons (Fsp3) is 0.231. The zero-order valence-electron chi connectivity index (χ0n) is 10.7. The van der Waals surface area contributed by atoms with Gasteiger partial charge >= 0.3 is 5.97 Å². The number of carboxylic acids is 1. The van der Waals surface area contributed by atoms with Crippen LogP contribution in [-0.2, 0) is 11.2 Å². The van der Waals surface area contributed by atoms with Crippen molar-refractivity contribution >= 4 is 23.2 Å². The lowest BCUT2D eigenvalue weighted by molar-refractivity contribution is -0.121. The number of nitrogens with zero attached hydrogens (tertiary/aromatic N) is 2. The number of carbonyl (C=O) groups is 2. The van der Waals surface area contributed by atoms with Crippen molar-refractivity contribution in [3.63, 3.8) is 0 Å². The first-order valence-corrected chi connectivity index (χ1v) is 6.81. The maximum absolute atomic E-state index is 11.9. The van der Waals surface area contributed by atoms with Gasteiger partial charge in [-0.3, -0.25) is 9.78 Å². The van der Waals surface area contributed by atoms with Gasteiger partial charge < -0.3 is 10.4 Å². The number of aromatic nitrogens is 2. The Balaban J connectivity index is 1.95. The second-order valence-electron chi connectivity index (χ2n) is 4.20. The van der Waals surface area contributed by atoms with Gasteiger partial charge in [0.1, 0.15) is 5.01 Å². The predicted molar refractivity (Wildman–Crippen MR) is 73.6 cm³/mol. The molecule has 0 aliphatic heterocycles. The molecule has 0 spiro atoms. The van der Waals surface area contributed by atoms with E-state index in [1.54, 1.807) is 25.4 Å². The second-order valence-corrected chi connectivity index (χ2v) is 5.09. The van der Waals surface area contributed by atoms with Crippen molar-refractivity contribution in [2.45, 2.75) is 19.4 Å². The van der Waals surface area contributed by atoms with E-state index >= 15 is 0 Å². The molecule has 1 unspecified atom stereocenters. The largest absolute Gasteiger partial charge is 0.476 e. The maximum atomic E-state index is 11.9. The van der Waals surface area contributed by atoms with Crippen LogP contribution < -0.4 is 5.32 Å². The van der Waals surface area contributed by atoms with E-state index in [0.717, 1.165) is 5.56 Å². The van der Waals surface area contributed by atoms with Crippen molar-refractivity contribution in [3.05, 3.63) is 46.2 Å². The molecule has 1 amide bonds. The van der Waals surface area contributed by atoms with Gasteiger partial charge in [0.2, 0.25) is 5.91 Å². The van der Waals surface area contributed by atoms with Gasteiger partial charge in [0, 0.05) is 17.8 Å². The molecular formula is C13H13N3O3S. The Hall–Kier alpha value is -2.28. The van der Waals surface area contributed by atoms with Gasteiger partial charge in [-0.25, -0.2) is 9.78 Å². The number of aromatic carboxylic acids is 1. The van der Waals surface area contributed by atoms with Crippen LogP contribution in [0.25, 0.3) is 0 Å². The molecule has 0 saturated carbocycles. The number of carboxylic acid groups (broad SMARTS) is 1. The summed E-state index contributed by atoms with van der Waals surface area (Å²) in [4.78, 5) is 30.5. The summed E-state index contributed by atoms with van der Waals surface area (Å²) in [6.45, 7) is 1.77. The third kappa shape index (κ3) is 3.61. The van der Waals surface area contributed by atoms with Crippen LogP contribution in [0.5, 0.6) is 0 Å². The zero-order chi connectivity index (χ0) is 14.5. The highest BCUT2D eigenvalue weighted by Gasteiger charge is 2.16. The first-order valence-electron chi connectivity index (χ1n) is 5.93. The van der Waals surface area contributed by atoms with Crippen molar-refractivity contribution in [1.29, 1.82) is 0 Å². The molecule has 0 aromatic carbocycles. The summed E-state index contributed by atoms with van der Waals surface area (Å²) in [6, 6.07) is 3.27. The van der Waals surface area contributed by atoms with Gasteiger partial charge in [-0.05, 0) is 18.6 Å². The molecule has 2 aromatic rings. The van der Waals surface area contributed by atoms with E-state index in [9.17, 15) is 9.59 Å². The van der Waals surface area contributed by atoms with Crippen LogP contribution in [0.15, 0.2) is 29.9 Å². The number of amides is 1. The fourth-order valence-electron chi connectivity index (χ4n) is 1.63. The minimum Gasteiger partial charge on any atom is -0.476 e. The Morgan fingerprint density at radius 3 is 2.90 bits per heavy atom. The number of thiazole rings is 1. The van der Waals surface area contributed by atoms with Crippen LogP contribution in [0.3, 0.4) is 0 Å². The average Bonchev–Trinajstić information content (AvgIpc) is 2.89. The molecule has 0 radical (unpaired) electrons. The first kappa shape index (κ1) is 14.1. The summed E-state index contributed by atoms with van der Waals surface area (Å²) in [6.07, 6.45) is 3.51. The van der Waals surface area contributed by atoms with Crippen LogP contribution in [0, 0.1) is 0 Å². The third-order valence-electron chi connectivity index (χ3n) is 2.58. The van der Waals surface area contributed by atoms with E-state index in [0.29, 0.717) is 5.01 Å². The molecule has 2 rings (SSSR count). The number of pyridine rings is 1. The Morgan fingerprint density at radius 1 is 1.50 bits per heavy atom. The molecule has 0 aliphatic rings. The third-order valence-corrected chi connectivity index (χ3v) is 3.60. The van der Waals surface area contributed by atoms with E-state index in [-0.39, 0.29) is 24.1 Å². The van der Waals surface area contributed by atoms with Crippen molar-refractivity contribution in [2.24, 2.45) is 0 Å². The number of hydrogen-bond acceptors (Lipinski definition) is 5. The number of rotatable bonds is 5. The quantitative estimate of drug-likeness (QED) is 0.874. The number of carbonyl (C=O) groups excluding carboxylic acids is 1. The highest BCUT2D eigenvalue weighted by atomic mass is 32.1. The lowest BCUT2D eigenvalue weighted by Crippen LogP contribution is -2.28. The van der Waals surface area contributed by atoms with Gasteiger partial charge in [0.05, 0.1) is 12.5 Å². The molecule has 104 valence electrons. The molecule has 2 aromatic heterocycles. The molecule has 20 heavy (non-hydrogen) atoms. The van der Waals surface area contributed by atoms with E-state index in [2.05, 4.69) is 15.3 Å². The lowest BCUT2D eigenvalue weighted by Gasteiger charge is -2.11. The van der Waals surface area contributed by atoms with Crippen LogP contribution >= 0.6 is 11.3 Å². The molecule has 0 bridgehead atoms. The van der Waals surface area contributed by atoms with E-state index in [4.69, 9.17) is 5.11 Å². The number of nitrogens with one attached hydrogen (secondary N) is 1. The van der Waals surface area contributed by atoms with Crippen molar-refractivity contribution in [1.82, 2.24) is 15.3 Å². The van der Waals surface area contributed by atoms with Crippen LogP contribution in [0.1, 0.15) is 34.0 Å². The van der Waals surface area contributed by atoms with Gasteiger partial charge in [0.25, 0.3) is 0 Å². The molecule has 1 atom stereocenters. The molecule has 7 heteroatoms. The summed E-state index contributed by atoms with van der Waals surface area (Å²) < 4.78 is 0. The maximum Gasteiger partial charge on any atom is 0.355 e. The predicted octanol–water partition coefficient (Wildman–Crippen LogP) is 1.66. The monoisotopic (exact) mass is 291 g/mol. The van der Waals surface area contributed by atoms with E-state index < -0.39 is 5.97 Å². The normalized spacial score (nSPS) is 11.8. The molecular weight excluding hydrogens is 278 g/mol. The number of hydrogen-bond donors (Lipinski definition) is 2. The van der Waals surface area contributed by atoms with Crippen LogP contribution in [0.2, 0.25) is 0 Å². The van der Waals surface area contributed by atoms with Crippen molar-refractivity contribution in [2.75, 3.05) is 0 Å². The topological polar surface area (TPSA) is 92.2 Å². The van der Waals surface area contributed by atoms with Gasteiger partial charge in [-0.15, -0.1) is 11.3 Å². The molecule has 6 nitrogen and oxygen atoms in total. The van der Waals surface area contributed by atoms with Crippen LogP contribution in [0.4, 0.5) is 0 Å². The summed E-state index contributed by atoms with van der Waals surface area (Å²) >= 11 is 1.22. The first-order chi connectivity index (χ1) is 9.56. The molecule has 2 heterocycles. The highest BCUT2D eigenvalue weighted by molar-refractivity contribution is 7.09. The van der Waals surface area contributed by atoms with Gasteiger partial charge in [-0.1, -0.05) is 6.07 Å². The Kier molecular flexibility index (Phi) is 4.41. The minimum absolute atomic E-state index is 0.00152. The molecule has 2 N–H and O–H groups in total. The summed E-state index contributed by atoms with van der Waals surface area (Å²) in [7, 11) is 0. The summed E-state index contributed by atoms with van der Waals surface area (Å²) in [5.41, 5.74) is 0.820. The zero-order valence-corrected chi connectivity index (χ0v) is 11.6. The molecule has 0 aliphatic carbocycles. The minimum atomic E-state index is -1.07. The molecule has 0 saturated heterocycles. The van der Waals surface area contributed by atoms with Gasteiger partial charge in [-0.2, -0.15) is 0 Å². The Morgan fingerprint density at radius 2 is 2.30 bits per heavy atom. The lowest BCUT2D eigenvalue weighted by atomic mass is 10.2. The van der Waals surface area contributed by atoms with Gasteiger partial charge in [0.15, 0.2) is 5.69 Å². The van der Waals surface area contributed by atoms with Crippen LogP contribution in [-0.4, -0.2) is 27.0 Å². The molecule has 0 fully saturated rings. The standard InChI is InChI=1S/C13H13N3O3S/c1-8(12-16-10(7-20-12)13(18)19)15-11(17)5-9-3-2-4-14-6-9/h2-4,6-8H,5H2,1H3,(H,15,17)(H,18,19). The fourth-order valence-corrected chi connectivity index (χ4v) is 2.43. The van der Waals surface area contributed by atoms with E-state index in [1.165, 1.54) is 16.7 Å². The summed E-state index contributed by atoms with van der Waals surface area (Å²) in [5.74, 6) is -1.22. The highest BCUT2D eigenvalue weighted by Crippen LogP contribution is 2.18. The van der Waals surface area contributed by atoms with Crippen molar-refractivity contribution in [3.8, 4) is 0 Å². The summed E-state index contributed by atoms with van der Waals surface area (Å²) in [5, 5.41) is 13.6. The SMILES string of the molecule is CC(NC(=O)Cc1cccnc1)c1nc(C(=O)O)cs1. The second kappa shape index (κ2) is 6.25. The van der Waals surface area contributed by atoms with E-state index in [1.807, 2.05) is 6.07 Å².